The molecule has 6 heteroatoms. The molecule has 0 saturated heterocycles. The molecular formula is C21H21N3O3. The van der Waals surface area contributed by atoms with Crippen LogP contribution in [0.5, 0.6) is 0 Å². The summed E-state index contributed by atoms with van der Waals surface area (Å²) in [4.78, 5) is 29.4. The number of aromatic nitrogens is 3. The maximum absolute atomic E-state index is 11.7. The minimum atomic E-state index is -0.460. The molecule has 0 unspecified atom stereocenters. The van der Waals surface area contributed by atoms with E-state index in [4.69, 9.17) is 4.74 Å². The van der Waals surface area contributed by atoms with Gasteiger partial charge in [0.2, 0.25) is 0 Å². The van der Waals surface area contributed by atoms with Gasteiger partial charge in [0.05, 0.1) is 6.33 Å². The molecule has 1 aliphatic rings. The SMILES string of the molecule is C=C(C)c1c(C)c2c([nH]c1=O)C(=O)OC2.Cc1ccc(-n2ccnc2)cc1. The number of ether oxygens (including phenoxy) is 1. The molecule has 1 aliphatic heterocycles. The average molecular weight is 363 g/mol. The smallest absolute Gasteiger partial charge is 0.355 e. The lowest BCUT2D eigenvalue weighted by molar-refractivity contribution is 0.0530. The lowest BCUT2D eigenvalue weighted by Gasteiger charge is -2.06. The normalized spacial score (nSPS) is 12.0. The quantitative estimate of drug-likeness (QED) is 0.706. The van der Waals surface area contributed by atoms with Crippen LogP contribution < -0.4 is 5.56 Å². The maximum Gasteiger partial charge on any atom is 0.355 e. The molecule has 2 aromatic heterocycles. The monoisotopic (exact) mass is 363 g/mol. The van der Waals surface area contributed by atoms with Crippen LogP contribution in [0, 0.1) is 13.8 Å². The van der Waals surface area contributed by atoms with E-state index in [2.05, 4.69) is 47.7 Å². The number of aromatic amines is 1. The highest BCUT2D eigenvalue weighted by Crippen LogP contribution is 2.24. The molecule has 0 aliphatic carbocycles. The van der Waals surface area contributed by atoms with Crippen LogP contribution in [0.4, 0.5) is 0 Å². The Morgan fingerprint density at radius 1 is 1.22 bits per heavy atom. The summed E-state index contributed by atoms with van der Waals surface area (Å²) in [7, 11) is 0. The summed E-state index contributed by atoms with van der Waals surface area (Å²) in [6, 6.07) is 8.35. The Kier molecular flexibility index (Phi) is 5.07. The number of cyclic esters (lactones) is 1. The Morgan fingerprint density at radius 3 is 2.52 bits per heavy atom. The van der Waals surface area contributed by atoms with Crippen molar-refractivity contribution in [2.75, 3.05) is 0 Å². The van der Waals surface area contributed by atoms with Gasteiger partial charge in [-0.05, 0) is 44.0 Å². The fourth-order valence-corrected chi connectivity index (χ4v) is 2.97. The summed E-state index contributed by atoms with van der Waals surface area (Å²) < 4.78 is 6.84. The lowest BCUT2D eigenvalue weighted by atomic mass is 10.00. The van der Waals surface area contributed by atoms with Gasteiger partial charge in [-0.25, -0.2) is 9.78 Å². The fraction of sp³-hybridized carbons (Fsp3) is 0.190. The van der Waals surface area contributed by atoms with Gasteiger partial charge in [0.25, 0.3) is 5.56 Å². The number of esters is 1. The van der Waals surface area contributed by atoms with Gasteiger partial charge in [-0.15, -0.1) is 0 Å². The zero-order valence-corrected chi connectivity index (χ0v) is 15.6. The summed E-state index contributed by atoms with van der Waals surface area (Å²) in [5.74, 6) is -0.460. The molecule has 0 radical (unpaired) electrons. The Labute approximate surface area is 157 Å². The molecule has 0 atom stereocenters. The number of hydrogen-bond donors (Lipinski definition) is 1. The van der Waals surface area contributed by atoms with E-state index in [0.29, 0.717) is 11.1 Å². The van der Waals surface area contributed by atoms with Gasteiger partial charge in [0.15, 0.2) is 0 Å². The number of aryl methyl sites for hydroxylation is 1. The number of rotatable bonds is 2. The molecule has 0 saturated carbocycles. The van der Waals surface area contributed by atoms with Gasteiger partial charge < -0.3 is 14.3 Å². The second kappa shape index (κ2) is 7.45. The molecule has 4 rings (SSSR count). The van der Waals surface area contributed by atoms with Crippen LogP contribution in [0.2, 0.25) is 0 Å². The highest BCUT2D eigenvalue weighted by atomic mass is 16.5. The molecule has 0 bridgehead atoms. The van der Waals surface area contributed by atoms with Gasteiger partial charge in [0.1, 0.15) is 12.3 Å². The maximum atomic E-state index is 11.7. The number of carbonyl (C=O) groups excluding carboxylic acids is 1. The molecule has 0 spiro atoms. The molecule has 0 fully saturated rings. The Hall–Kier alpha value is -3.41. The number of imidazole rings is 1. The zero-order chi connectivity index (χ0) is 19.6. The number of nitrogens with one attached hydrogen (secondary N) is 1. The molecule has 1 aromatic carbocycles. The third kappa shape index (κ3) is 3.74. The molecule has 6 nitrogen and oxygen atoms in total. The van der Waals surface area contributed by atoms with Crippen molar-refractivity contribution in [2.24, 2.45) is 0 Å². The summed E-state index contributed by atoms with van der Waals surface area (Å²) in [5, 5.41) is 0. The highest BCUT2D eigenvalue weighted by Gasteiger charge is 2.26. The number of hydrogen-bond acceptors (Lipinski definition) is 4. The first-order valence-electron chi connectivity index (χ1n) is 8.52. The van der Waals surface area contributed by atoms with Gasteiger partial charge in [-0.1, -0.05) is 24.3 Å². The molecule has 3 heterocycles. The Balaban J connectivity index is 0.000000159. The number of benzene rings is 1. The van der Waals surface area contributed by atoms with Crippen LogP contribution >= 0.6 is 0 Å². The van der Waals surface area contributed by atoms with Crippen molar-refractivity contribution in [2.45, 2.75) is 27.4 Å². The molecule has 0 amide bonds. The first kappa shape index (κ1) is 18.4. The van der Waals surface area contributed by atoms with Crippen LogP contribution in [0.15, 0.2) is 54.4 Å². The zero-order valence-electron chi connectivity index (χ0n) is 15.6. The number of nitrogens with zero attached hydrogens (tertiary/aromatic N) is 2. The predicted octanol–water partition coefficient (Wildman–Crippen LogP) is 3.57. The second-order valence-electron chi connectivity index (χ2n) is 6.47. The summed E-state index contributed by atoms with van der Waals surface area (Å²) >= 11 is 0. The topological polar surface area (TPSA) is 77.0 Å². The van der Waals surface area contributed by atoms with Crippen molar-refractivity contribution in [1.82, 2.24) is 14.5 Å². The fourth-order valence-electron chi connectivity index (χ4n) is 2.97. The molecule has 27 heavy (non-hydrogen) atoms. The van der Waals surface area contributed by atoms with Crippen LogP contribution in [-0.4, -0.2) is 20.5 Å². The predicted molar refractivity (Wildman–Crippen MR) is 104 cm³/mol. The van der Waals surface area contributed by atoms with Crippen molar-refractivity contribution >= 4 is 11.5 Å². The van der Waals surface area contributed by atoms with E-state index in [0.717, 1.165) is 16.8 Å². The van der Waals surface area contributed by atoms with E-state index in [1.165, 1.54) is 5.56 Å². The van der Waals surface area contributed by atoms with Crippen molar-refractivity contribution in [1.29, 1.82) is 0 Å². The summed E-state index contributed by atoms with van der Waals surface area (Å²) in [5.41, 5.74) is 5.21. The van der Waals surface area contributed by atoms with E-state index in [1.807, 2.05) is 10.8 Å². The van der Waals surface area contributed by atoms with Gasteiger partial charge in [0, 0.05) is 29.2 Å². The van der Waals surface area contributed by atoms with E-state index in [1.54, 1.807) is 26.4 Å². The average Bonchev–Trinajstić information content (AvgIpc) is 3.27. The van der Waals surface area contributed by atoms with E-state index >= 15 is 0 Å². The van der Waals surface area contributed by atoms with Gasteiger partial charge >= 0.3 is 5.97 Å². The third-order valence-corrected chi connectivity index (χ3v) is 4.41. The van der Waals surface area contributed by atoms with Crippen LogP contribution in [0.1, 0.15) is 39.7 Å². The minimum absolute atomic E-state index is 0.233. The Morgan fingerprint density at radius 2 is 1.93 bits per heavy atom. The van der Waals surface area contributed by atoms with Crippen molar-refractivity contribution < 1.29 is 9.53 Å². The molecular weight excluding hydrogens is 342 g/mol. The lowest BCUT2D eigenvalue weighted by Crippen LogP contribution is -2.18. The molecule has 1 N–H and O–H groups in total. The standard InChI is InChI=1S/C11H11NO3.C10H10N2/c1-5(2)8-6(3)7-4-15-11(14)9(7)12-10(8)13;1-9-2-4-10(5-3-9)12-7-6-11-8-12/h1,4H2,2-3H3,(H,12,13);2-8H,1H3. The third-order valence-electron chi connectivity index (χ3n) is 4.41. The largest absolute Gasteiger partial charge is 0.456 e. The second-order valence-corrected chi connectivity index (χ2v) is 6.47. The first-order valence-corrected chi connectivity index (χ1v) is 8.52. The summed E-state index contributed by atoms with van der Waals surface area (Å²) in [6.07, 6.45) is 5.51. The number of fused-ring (bicyclic) bond motifs is 1. The first-order chi connectivity index (χ1) is 12.9. The van der Waals surface area contributed by atoms with Crippen LogP contribution in [-0.2, 0) is 11.3 Å². The summed E-state index contributed by atoms with van der Waals surface area (Å²) in [6.45, 7) is 9.63. The number of H-pyrrole nitrogens is 1. The molecule has 3 aromatic rings. The number of allylic oxidation sites excluding steroid dienone is 1. The number of carbonyl (C=O) groups is 1. The van der Waals surface area contributed by atoms with E-state index < -0.39 is 5.97 Å². The van der Waals surface area contributed by atoms with Gasteiger partial charge in [-0.3, -0.25) is 4.79 Å². The van der Waals surface area contributed by atoms with Crippen molar-refractivity contribution in [3.63, 3.8) is 0 Å². The Bertz CT molecular complexity index is 1050. The highest BCUT2D eigenvalue weighted by molar-refractivity contribution is 5.92. The van der Waals surface area contributed by atoms with Crippen molar-refractivity contribution in [3.8, 4) is 5.69 Å². The van der Waals surface area contributed by atoms with Crippen LogP contribution in [0.3, 0.4) is 0 Å². The van der Waals surface area contributed by atoms with Crippen LogP contribution in [0.25, 0.3) is 11.3 Å². The van der Waals surface area contributed by atoms with E-state index in [9.17, 15) is 9.59 Å². The van der Waals surface area contributed by atoms with E-state index in [-0.39, 0.29) is 17.9 Å². The molecule has 138 valence electrons. The van der Waals surface area contributed by atoms with Crippen molar-refractivity contribution in [3.05, 3.63) is 87.9 Å². The minimum Gasteiger partial charge on any atom is -0.456 e. The van der Waals surface area contributed by atoms with Gasteiger partial charge in [-0.2, -0.15) is 0 Å². The number of pyridine rings is 1.